The molecule has 48 heavy (non-hydrogen) atoms. The number of fused-ring (bicyclic) bond motifs is 1. The van der Waals surface area contributed by atoms with Crippen LogP contribution in [0, 0.1) is 5.82 Å². The molecule has 0 saturated carbocycles. The van der Waals surface area contributed by atoms with Crippen LogP contribution in [0.15, 0.2) is 97.8 Å². The summed E-state index contributed by atoms with van der Waals surface area (Å²) in [4.78, 5) is 19.8. The minimum Gasteiger partial charge on any atom is -0.489 e. The molecule has 3 aromatic heterocycles. The third-order valence-corrected chi connectivity index (χ3v) is 8.71. The van der Waals surface area contributed by atoms with E-state index in [9.17, 15) is 12.8 Å². The first kappa shape index (κ1) is 33.0. The second-order valence-corrected chi connectivity index (χ2v) is 12.4. The smallest absolute Gasteiger partial charge is 0.225 e. The van der Waals surface area contributed by atoms with Crippen molar-refractivity contribution in [3.8, 4) is 5.75 Å². The maximum atomic E-state index is 13.5. The average molecular weight is 687 g/mol. The molecule has 10 nitrogen and oxygen atoms in total. The van der Waals surface area contributed by atoms with Crippen molar-refractivity contribution in [3.05, 3.63) is 126 Å². The van der Waals surface area contributed by atoms with Gasteiger partial charge in [0.1, 0.15) is 35.8 Å². The first-order chi connectivity index (χ1) is 23.4. The van der Waals surface area contributed by atoms with Crippen LogP contribution >= 0.6 is 11.6 Å². The van der Waals surface area contributed by atoms with E-state index in [4.69, 9.17) is 26.1 Å². The van der Waals surface area contributed by atoms with E-state index < -0.39 is 15.9 Å². The molecule has 5 aromatic rings. The lowest BCUT2D eigenvalue weighted by molar-refractivity contribution is 0.0252. The molecule has 6 rings (SSSR count). The number of ether oxygens (including phenoxy) is 2. The molecule has 0 fully saturated rings. The second-order valence-electron chi connectivity index (χ2n) is 11.3. The lowest BCUT2D eigenvalue weighted by Crippen LogP contribution is -2.30. The highest BCUT2D eigenvalue weighted by atomic mass is 35.5. The lowest BCUT2D eigenvalue weighted by Gasteiger charge is -2.29. The highest BCUT2D eigenvalue weighted by Crippen LogP contribution is 2.39. The molecule has 0 aliphatic carbocycles. The van der Waals surface area contributed by atoms with Gasteiger partial charge in [0.05, 0.1) is 28.7 Å². The zero-order chi connectivity index (χ0) is 33.3. The third-order valence-electron chi connectivity index (χ3n) is 7.95. The van der Waals surface area contributed by atoms with Gasteiger partial charge in [-0.1, -0.05) is 29.8 Å². The van der Waals surface area contributed by atoms with E-state index in [0.29, 0.717) is 77.8 Å². The molecular formula is C35H32ClFN6O4S. The minimum absolute atomic E-state index is 0.175. The van der Waals surface area contributed by atoms with Gasteiger partial charge in [-0.05, 0) is 73.0 Å². The van der Waals surface area contributed by atoms with Gasteiger partial charge in [-0.2, -0.15) is 8.42 Å². The third kappa shape index (κ3) is 8.32. The molecule has 13 heteroatoms. The Morgan fingerprint density at radius 3 is 2.73 bits per heavy atom. The van der Waals surface area contributed by atoms with Crippen molar-refractivity contribution < 1.29 is 22.3 Å². The predicted molar refractivity (Wildman–Crippen MR) is 183 cm³/mol. The monoisotopic (exact) mass is 686 g/mol. The van der Waals surface area contributed by atoms with Crippen molar-refractivity contribution in [2.45, 2.75) is 37.9 Å². The van der Waals surface area contributed by atoms with Crippen molar-refractivity contribution in [1.82, 2.24) is 24.8 Å². The predicted octanol–water partition coefficient (Wildman–Crippen LogP) is 6.63. The van der Waals surface area contributed by atoms with Gasteiger partial charge in [-0.15, -0.1) is 0 Å². The number of pyridine rings is 2. The number of hydrogen-bond donors (Lipinski definition) is 1. The Hall–Kier alpha value is -4.91. The summed E-state index contributed by atoms with van der Waals surface area (Å²) in [6.07, 6.45) is 11.0. The number of nitrogens with zero attached hydrogens (tertiary/aromatic N) is 5. The quantitative estimate of drug-likeness (QED) is 0.128. The fourth-order valence-corrected chi connectivity index (χ4v) is 6.25. The van der Waals surface area contributed by atoms with Crippen LogP contribution in [0.25, 0.3) is 10.9 Å². The molecule has 2 aromatic carbocycles. The summed E-state index contributed by atoms with van der Waals surface area (Å²) in [6.45, 7) is 1.20. The molecular weight excluding hydrogens is 655 g/mol. The molecule has 1 unspecified atom stereocenters. The number of anilines is 2. The van der Waals surface area contributed by atoms with Crippen molar-refractivity contribution in [1.29, 1.82) is 0 Å². The molecule has 1 aliphatic rings. The van der Waals surface area contributed by atoms with Crippen molar-refractivity contribution in [2.24, 2.45) is 0 Å². The summed E-state index contributed by atoms with van der Waals surface area (Å²) in [7, 11) is -2.33. The van der Waals surface area contributed by atoms with Crippen molar-refractivity contribution in [2.75, 3.05) is 18.4 Å². The van der Waals surface area contributed by atoms with Crippen LogP contribution in [0.3, 0.4) is 0 Å². The summed E-state index contributed by atoms with van der Waals surface area (Å²) < 4.78 is 48.6. The number of halogens is 2. The largest absolute Gasteiger partial charge is 0.489 e. The Morgan fingerprint density at radius 2 is 1.96 bits per heavy atom. The molecule has 246 valence electrons. The van der Waals surface area contributed by atoms with Gasteiger partial charge in [0.15, 0.2) is 5.60 Å². The Bertz CT molecular complexity index is 2050. The Kier molecular flexibility index (Phi) is 10.5. The Balaban J connectivity index is 1.16. The van der Waals surface area contributed by atoms with Gasteiger partial charge in [0.25, 0.3) is 0 Å². The molecule has 1 aliphatic heterocycles. The van der Waals surface area contributed by atoms with Gasteiger partial charge in [-0.25, -0.2) is 14.4 Å². The topological polar surface area (TPSA) is 119 Å². The number of aromatic nitrogens is 4. The fraction of sp³-hybridized carbons (Fsp3) is 0.229. The second kappa shape index (κ2) is 15.3. The van der Waals surface area contributed by atoms with E-state index in [0.717, 1.165) is 11.1 Å². The molecule has 0 radical (unpaired) electrons. The van der Waals surface area contributed by atoms with Crippen LogP contribution in [0.2, 0.25) is 5.02 Å². The number of hydrogen-bond acceptors (Lipinski definition) is 9. The van der Waals surface area contributed by atoms with Crippen LogP contribution in [-0.4, -0.2) is 51.8 Å². The average Bonchev–Trinajstić information content (AvgIpc) is 3.57. The zero-order valence-corrected chi connectivity index (χ0v) is 27.4. The molecule has 1 N–H and O–H groups in total. The molecule has 0 spiro atoms. The normalized spacial score (nSPS) is 15.4. The standard InChI is InChI=1S/C35H32ClFN6O4S/c36-30-19-28(9-10-32(30)46-22-25-6-3-7-26(37)18-25)42-34-29-20-33(39-21-31(29)40-23-41-34)35(13-5-17-47-35)12-4-15-43(24-48(44)45)16-11-27-8-1-2-14-38-27/h1-3,5-10,14,17-21,23-24H,4,11-13,15-16,22H2,(H,40,41,42). The lowest BCUT2D eigenvalue weighted by atomic mass is 9.89. The van der Waals surface area contributed by atoms with Gasteiger partial charge in [-0.3, -0.25) is 14.9 Å². The first-order valence-electron chi connectivity index (χ1n) is 15.3. The van der Waals surface area contributed by atoms with Crippen LogP contribution in [0.5, 0.6) is 5.75 Å². The first-order valence-corrected chi connectivity index (χ1v) is 16.8. The highest BCUT2D eigenvalue weighted by molar-refractivity contribution is 7.71. The summed E-state index contributed by atoms with van der Waals surface area (Å²) in [6, 6.07) is 19.1. The number of nitrogens with one attached hydrogen (secondary N) is 1. The van der Waals surface area contributed by atoms with Crippen molar-refractivity contribution in [3.63, 3.8) is 0 Å². The number of rotatable bonds is 14. The number of benzene rings is 2. The van der Waals surface area contributed by atoms with Crippen LogP contribution in [0.4, 0.5) is 15.9 Å². The van der Waals surface area contributed by atoms with E-state index in [2.05, 4.69) is 20.3 Å². The van der Waals surface area contributed by atoms with E-state index in [-0.39, 0.29) is 12.4 Å². The summed E-state index contributed by atoms with van der Waals surface area (Å²) in [5, 5.41) is 4.46. The van der Waals surface area contributed by atoms with E-state index in [1.807, 2.05) is 36.4 Å². The Labute approximate surface area is 283 Å². The summed E-state index contributed by atoms with van der Waals surface area (Å²) in [5.41, 5.74) is 4.13. The van der Waals surface area contributed by atoms with Crippen molar-refractivity contribution >= 4 is 49.8 Å². The van der Waals surface area contributed by atoms with E-state index in [1.54, 1.807) is 47.8 Å². The van der Waals surface area contributed by atoms with E-state index in [1.165, 1.54) is 24.0 Å². The van der Waals surface area contributed by atoms with Gasteiger partial charge in [0, 0.05) is 48.9 Å². The van der Waals surface area contributed by atoms with Crippen LogP contribution in [-0.2, 0) is 33.7 Å². The fourth-order valence-electron chi connectivity index (χ4n) is 5.56. The summed E-state index contributed by atoms with van der Waals surface area (Å²) in [5.74, 6) is 0.696. The van der Waals surface area contributed by atoms with Gasteiger partial charge < -0.3 is 14.8 Å². The zero-order valence-electron chi connectivity index (χ0n) is 25.8. The van der Waals surface area contributed by atoms with Gasteiger partial charge in [0.2, 0.25) is 10.3 Å². The maximum Gasteiger partial charge on any atom is 0.225 e. The van der Waals surface area contributed by atoms with E-state index >= 15 is 0 Å². The van der Waals surface area contributed by atoms with Crippen LogP contribution < -0.4 is 10.1 Å². The highest BCUT2D eigenvalue weighted by Gasteiger charge is 2.37. The minimum atomic E-state index is -2.33. The molecule has 1 atom stereocenters. The molecule has 4 heterocycles. The Morgan fingerprint density at radius 1 is 1.04 bits per heavy atom. The molecule has 0 saturated heterocycles. The van der Waals surface area contributed by atoms with Crippen LogP contribution in [0.1, 0.15) is 36.2 Å². The molecule has 0 bridgehead atoms. The van der Waals surface area contributed by atoms with Gasteiger partial charge >= 0.3 is 0 Å². The summed E-state index contributed by atoms with van der Waals surface area (Å²) >= 11 is 6.54. The molecule has 0 amide bonds. The SMILES string of the molecule is O=S(=O)=CN(CCCC1(c2cc3c(Nc4ccc(OCc5cccc(F)c5)c(Cl)c4)ncnc3cn2)CC=CO1)CCc1ccccn1. The maximum absolute atomic E-state index is 13.5.